The van der Waals surface area contributed by atoms with Gasteiger partial charge >= 0.3 is 12.2 Å². The molecule has 1 heterocycles. The second kappa shape index (κ2) is 9.16. The minimum Gasteiger partial charge on any atom is -0.448 e. The Bertz CT molecular complexity index is 1260. The van der Waals surface area contributed by atoms with Crippen LogP contribution in [0.15, 0.2) is 71.3 Å². The summed E-state index contributed by atoms with van der Waals surface area (Å²) in [7, 11) is -3.90. The van der Waals surface area contributed by atoms with Crippen molar-refractivity contribution in [2.45, 2.75) is 44.2 Å². The number of anilines is 1. The van der Waals surface area contributed by atoms with Gasteiger partial charge in [0.1, 0.15) is 0 Å². The van der Waals surface area contributed by atoms with E-state index in [1.165, 1.54) is 14.3 Å². The number of hydrazine groups is 1. The molecule has 9 nitrogen and oxygen atoms in total. The van der Waals surface area contributed by atoms with Gasteiger partial charge in [0.2, 0.25) is 0 Å². The number of benzene rings is 2. The summed E-state index contributed by atoms with van der Waals surface area (Å²) in [6.07, 6.45) is 1.06. The molecular formula is C26H29N3O6S. The SMILES string of the molecule is CCOC(=O)N1C2CC(C3C(=CN(c4ccccc4)S(=O)(=O)c4ccc(C)cc4)C32)N1C(=O)OCC. The van der Waals surface area contributed by atoms with E-state index in [1.54, 1.807) is 68.6 Å². The molecule has 0 radical (unpaired) electrons. The molecular weight excluding hydrogens is 482 g/mol. The summed E-state index contributed by atoms with van der Waals surface area (Å²) in [5.74, 6) is -0.103. The number of carbonyl (C=O) groups excluding carboxylic acids is 2. The number of rotatable bonds is 6. The predicted octanol–water partition coefficient (Wildman–Crippen LogP) is 4.31. The van der Waals surface area contributed by atoms with Gasteiger partial charge in [-0.1, -0.05) is 35.9 Å². The van der Waals surface area contributed by atoms with Crippen LogP contribution in [0.1, 0.15) is 25.8 Å². The highest BCUT2D eigenvalue weighted by Gasteiger charge is 2.70. The molecule has 0 aromatic heterocycles. The Balaban J connectivity index is 1.52. The van der Waals surface area contributed by atoms with E-state index < -0.39 is 22.2 Å². The van der Waals surface area contributed by atoms with Crippen LogP contribution in [0, 0.1) is 18.8 Å². The van der Waals surface area contributed by atoms with Crippen molar-refractivity contribution in [2.24, 2.45) is 11.8 Å². The number of hydrogen-bond donors (Lipinski definition) is 0. The first-order valence-corrected chi connectivity index (χ1v) is 13.5. The Morgan fingerprint density at radius 3 is 1.94 bits per heavy atom. The molecule has 2 aromatic carbocycles. The molecule has 2 bridgehead atoms. The molecule has 2 amide bonds. The third kappa shape index (κ3) is 3.89. The van der Waals surface area contributed by atoms with Gasteiger partial charge in [0.25, 0.3) is 10.0 Å². The zero-order valence-electron chi connectivity index (χ0n) is 20.4. The normalized spacial score (nSPS) is 23.8. The first kappa shape index (κ1) is 24.2. The van der Waals surface area contributed by atoms with Crippen molar-refractivity contribution in [3.63, 3.8) is 0 Å². The van der Waals surface area contributed by atoms with Crippen LogP contribution in [0.2, 0.25) is 0 Å². The van der Waals surface area contributed by atoms with E-state index in [0.717, 1.165) is 11.1 Å². The summed E-state index contributed by atoms with van der Waals surface area (Å²) in [6, 6.07) is 15.0. The number of ether oxygens (including phenoxy) is 2. The molecule has 10 heteroatoms. The van der Waals surface area contributed by atoms with Gasteiger partial charge in [0, 0.05) is 18.0 Å². The van der Waals surface area contributed by atoms with Crippen LogP contribution in [0.4, 0.5) is 15.3 Å². The lowest BCUT2D eigenvalue weighted by molar-refractivity contribution is -0.0407. The van der Waals surface area contributed by atoms with E-state index in [1.807, 2.05) is 13.0 Å². The van der Waals surface area contributed by atoms with Gasteiger partial charge in [0.05, 0.1) is 35.9 Å². The topological polar surface area (TPSA) is 96.5 Å². The Hall–Kier alpha value is -3.53. The van der Waals surface area contributed by atoms with E-state index in [2.05, 4.69) is 0 Å². The number of sulfonamides is 1. The highest BCUT2D eigenvalue weighted by Crippen LogP contribution is 2.64. The highest BCUT2D eigenvalue weighted by molar-refractivity contribution is 7.93. The van der Waals surface area contributed by atoms with E-state index in [-0.39, 0.29) is 42.0 Å². The molecule has 1 aliphatic heterocycles. The molecule has 4 unspecified atom stereocenters. The average Bonchev–Trinajstić information content (AvgIpc) is 3.27. The van der Waals surface area contributed by atoms with Gasteiger partial charge in [-0.05, 0) is 57.0 Å². The van der Waals surface area contributed by atoms with Gasteiger partial charge in [-0.25, -0.2) is 32.3 Å². The zero-order valence-corrected chi connectivity index (χ0v) is 21.2. The number of hydrogen-bond acceptors (Lipinski definition) is 6. The zero-order chi connectivity index (χ0) is 25.6. The van der Waals surface area contributed by atoms with Crippen LogP contribution in [0.3, 0.4) is 0 Å². The lowest BCUT2D eigenvalue weighted by atomic mass is 10.1. The molecule has 2 saturated carbocycles. The summed E-state index contributed by atoms with van der Waals surface area (Å²) in [5, 5.41) is 2.71. The maximum absolute atomic E-state index is 13.7. The molecule has 5 rings (SSSR count). The summed E-state index contributed by atoms with van der Waals surface area (Å²) in [5.41, 5.74) is 2.36. The Kier molecular flexibility index (Phi) is 6.15. The van der Waals surface area contributed by atoms with E-state index in [9.17, 15) is 18.0 Å². The first-order valence-electron chi connectivity index (χ1n) is 12.1. The molecule has 4 atom stereocenters. The molecule has 2 aliphatic carbocycles. The first-order chi connectivity index (χ1) is 17.3. The molecule has 0 spiro atoms. The van der Waals surface area contributed by atoms with E-state index in [0.29, 0.717) is 12.1 Å². The van der Waals surface area contributed by atoms with Crippen molar-refractivity contribution in [1.29, 1.82) is 0 Å². The van der Waals surface area contributed by atoms with E-state index >= 15 is 0 Å². The van der Waals surface area contributed by atoms with E-state index in [4.69, 9.17) is 9.47 Å². The second-order valence-electron chi connectivity index (χ2n) is 9.09. The standard InChI is InChI=1S/C26H29N3O6S/c1-4-34-25(30)28-21-15-22(29(28)26(31)35-5-2)24-20(23(21)24)16-27(18-9-7-6-8-10-18)36(32,33)19-13-11-17(3)12-14-19/h6-14,16,21-24H,4-5,15H2,1-3H3. The second-order valence-corrected chi connectivity index (χ2v) is 10.9. The number of fused-ring (bicyclic) bond motifs is 5. The maximum atomic E-state index is 13.7. The van der Waals surface area contributed by atoms with Gasteiger partial charge in [-0.15, -0.1) is 0 Å². The third-order valence-electron chi connectivity index (χ3n) is 6.98. The number of nitrogens with zero attached hydrogens (tertiary/aromatic N) is 3. The van der Waals surface area contributed by atoms with Crippen LogP contribution in [0.5, 0.6) is 0 Å². The molecule has 1 saturated heterocycles. The lowest BCUT2D eigenvalue weighted by Crippen LogP contribution is -2.54. The number of carbonyl (C=O) groups is 2. The van der Waals surface area contributed by atoms with Gasteiger partial charge in [0.15, 0.2) is 0 Å². The fourth-order valence-electron chi connectivity index (χ4n) is 5.43. The van der Waals surface area contributed by atoms with Gasteiger partial charge < -0.3 is 9.47 Å². The van der Waals surface area contributed by atoms with Crippen molar-refractivity contribution in [3.05, 3.63) is 71.9 Å². The molecule has 36 heavy (non-hydrogen) atoms. The number of amides is 2. The Morgan fingerprint density at radius 2 is 1.44 bits per heavy atom. The van der Waals surface area contributed by atoms with Gasteiger partial charge in [-0.2, -0.15) is 0 Å². The quantitative estimate of drug-likeness (QED) is 0.574. The van der Waals surface area contributed by atoms with Crippen LogP contribution in [0.25, 0.3) is 0 Å². The summed E-state index contributed by atoms with van der Waals surface area (Å²) < 4.78 is 39.2. The summed E-state index contributed by atoms with van der Waals surface area (Å²) in [4.78, 5) is 25.7. The highest BCUT2D eigenvalue weighted by atomic mass is 32.2. The van der Waals surface area contributed by atoms with Gasteiger partial charge in [-0.3, -0.25) is 0 Å². The van der Waals surface area contributed by atoms with Crippen LogP contribution in [-0.2, 0) is 19.5 Å². The van der Waals surface area contributed by atoms with Crippen LogP contribution < -0.4 is 4.31 Å². The number of para-hydroxylation sites is 1. The lowest BCUT2D eigenvalue weighted by Gasteiger charge is -2.35. The smallest absolute Gasteiger partial charge is 0.429 e. The monoisotopic (exact) mass is 511 g/mol. The Labute approximate surface area is 210 Å². The predicted molar refractivity (Wildman–Crippen MR) is 132 cm³/mol. The summed E-state index contributed by atoms with van der Waals surface area (Å²) >= 11 is 0. The van der Waals surface area contributed by atoms with Crippen molar-refractivity contribution < 1.29 is 27.5 Å². The maximum Gasteiger partial charge on any atom is 0.429 e. The van der Waals surface area contributed by atoms with Crippen molar-refractivity contribution in [2.75, 3.05) is 17.5 Å². The third-order valence-corrected chi connectivity index (χ3v) is 8.69. The fraction of sp³-hybridized carbons (Fsp3) is 0.385. The number of aryl methyl sites for hydroxylation is 1. The molecule has 2 aromatic rings. The van der Waals surface area contributed by atoms with Crippen LogP contribution in [-0.4, -0.2) is 55.9 Å². The Morgan fingerprint density at radius 1 is 0.917 bits per heavy atom. The largest absolute Gasteiger partial charge is 0.448 e. The summed E-state index contributed by atoms with van der Waals surface area (Å²) in [6.45, 7) is 5.67. The molecule has 3 fully saturated rings. The molecule has 3 aliphatic rings. The molecule has 190 valence electrons. The minimum atomic E-state index is -3.90. The van der Waals surface area contributed by atoms with Crippen molar-refractivity contribution in [3.8, 4) is 0 Å². The van der Waals surface area contributed by atoms with Crippen molar-refractivity contribution >= 4 is 27.9 Å². The molecule has 0 N–H and O–H groups in total. The average molecular weight is 512 g/mol. The van der Waals surface area contributed by atoms with Crippen LogP contribution >= 0.6 is 0 Å². The fourth-order valence-corrected chi connectivity index (χ4v) is 6.79. The minimum absolute atomic E-state index is 0.0514. The van der Waals surface area contributed by atoms with Crippen molar-refractivity contribution in [1.82, 2.24) is 10.0 Å².